The van der Waals surface area contributed by atoms with E-state index in [-0.39, 0.29) is 0 Å². The van der Waals surface area contributed by atoms with Gasteiger partial charge >= 0.3 is 0 Å². The summed E-state index contributed by atoms with van der Waals surface area (Å²) in [5.41, 5.74) is 1.74. The Morgan fingerprint density at radius 3 is 2.33 bits per heavy atom. The summed E-state index contributed by atoms with van der Waals surface area (Å²) in [5.74, 6) is 1.34. The van der Waals surface area contributed by atoms with E-state index in [1.54, 1.807) is 0 Å². The Bertz CT molecular complexity index is 582. The van der Waals surface area contributed by atoms with Crippen LogP contribution in [0.2, 0.25) is 5.15 Å². The third kappa shape index (κ3) is 2.84. The van der Waals surface area contributed by atoms with Gasteiger partial charge in [-0.2, -0.15) is 0 Å². The number of aryl methyl sites for hydroxylation is 1. The van der Waals surface area contributed by atoms with E-state index < -0.39 is 0 Å². The molecular formula is C12H10Br2ClN3. The summed E-state index contributed by atoms with van der Waals surface area (Å²) in [6.45, 7) is 3.69. The molecule has 0 aliphatic heterocycles. The van der Waals surface area contributed by atoms with Crippen molar-refractivity contribution in [2.75, 3.05) is 5.32 Å². The van der Waals surface area contributed by atoms with Crippen LogP contribution >= 0.6 is 43.5 Å². The quantitative estimate of drug-likeness (QED) is 0.731. The van der Waals surface area contributed by atoms with E-state index >= 15 is 0 Å². The minimum Gasteiger partial charge on any atom is -0.338 e. The van der Waals surface area contributed by atoms with Crippen molar-refractivity contribution in [1.82, 2.24) is 9.97 Å². The van der Waals surface area contributed by atoms with Crippen molar-refractivity contribution in [3.05, 3.63) is 43.7 Å². The molecule has 0 amide bonds. The van der Waals surface area contributed by atoms with E-state index in [1.165, 1.54) is 0 Å². The molecule has 1 heterocycles. The van der Waals surface area contributed by atoms with Gasteiger partial charge in [0.05, 0.1) is 5.69 Å². The zero-order valence-electron chi connectivity index (χ0n) is 9.76. The maximum absolute atomic E-state index is 6.05. The first-order valence-electron chi connectivity index (χ1n) is 5.21. The van der Waals surface area contributed by atoms with Crippen LogP contribution in [0.15, 0.2) is 27.1 Å². The highest BCUT2D eigenvalue weighted by molar-refractivity contribution is 9.11. The highest BCUT2D eigenvalue weighted by atomic mass is 79.9. The second-order valence-corrected chi connectivity index (χ2v) is 5.82. The summed E-state index contributed by atoms with van der Waals surface area (Å²) in [7, 11) is 0. The second-order valence-electron chi connectivity index (χ2n) is 3.76. The van der Waals surface area contributed by atoms with Crippen molar-refractivity contribution in [3.63, 3.8) is 0 Å². The van der Waals surface area contributed by atoms with E-state index in [1.807, 2.05) is 32.0 Å². The number of hydrogen-bond acceptors (Lipinski definition) is 3. The third-order valence-corrected chi connectivity index (χ3v) is 4.09. The van der Waals surface area contributed by atoms with Crippen LogP contribution < -0.4 is 5.32 Å². The number of aromatic nitrogens is 2. The minimum absolute atomic E-state index is 0.466. The molecule has 3 nitrogen and oxygen atoms in total. The van der Waals surface area contributed by atoms with Gasteiger partial charge in [0, 0.05) is 14.5 Å². The van der Waals surface area contributed by atoms with Crippen molar-refractivity contribution in [2.45, 2.75) is 13.8 Å². The standard InChI is InChI=1S/C12H10Br2ClN3/c1-6-11(15)16-7(2)17-12(6)18-10-8(13)4-3-5-9(10)14/h3-5H,1-2H3,(H,16,17,18). The van der Waals surface area contributed by atoms with E-state index in [9.17, 15) is 0 Å². The predicted octanol–water partition coefficient (Wildman–Crippen LogP) is 5.02. The number of hydrogen-bond donors (Lipinski definition) is 1. The molecule has 0 spiro atoms. The summed E-state index contributed by atoms with van der Waals surface area (Å²) in [6.07, 6.45) is 0. The largest absolute Gasteiger partial charge is 0.338 e. The van der Waals surface area contributed by atoms with Crippen LogP contribution in [0.1, 0.15) is 11.4 Å². The number of rotatable bonds is 2. The molecule has 0 saturated carbocycles. The van der Waals surface area contributed by atoms with Crippen LogP contribution in [-0.4, -0.2) is 9.97 Å². The topological polar surface area (TPSA) is 37.8 Å². The molecule has 0 atom stereocenters. The van der Waals surface area contributed by atoms with Crippen molar-refractivity contribution >= 4 is 55.0 Å². The number of anilines is 2. The van der Waals surface area contributed by atoms with Crippen LogP contribution in [-0.2, 0) is 0 Å². The molecule has 0 saturated heterocycles. The lowest BCUT2D eigenvalue weighted by atomic mass is 10.3. The fraction of sp³-hybridized carbons (Fsp3) is 0.167. The molecule has 18 heavy (non-hydrogen) atoms. The lowest BCUT2D eigenvalue weighted by Gasteiger charge is -2.13. The maximum atomic E-state index is 6.05. The fourth-order valence-corrected chi connectivity index (χ4v) is 2.86. The molecule has 94 valence electrons. The molecule has 1 aromatic heterocycles. The van der Waals surface area contributed by atoms with Crippen LogP contribution in [0.4, 0.5) is 11.5 Å². The molecule has 2 aromatic rings. The first kappa shape index (κ1) is 13.8. The third-order valence-electron chi connectivity index (χ3n) is 2.40. The van der Waals surface area contributed by atoms with Crippen molar-refractivity contribution < 1.29 is 0 Å². The number of benzene rings is 1. The Labute approximate surface area is 127 Å². The molecular weight excluding hydrogens is 381 g/mol. The van der Waals surface area contributed by atoms with Crippen LogP contribution in [0.5, 0.6) is 0 Å². The van der Waals surface area contributed by atoms with Gasteiger partial charge in [0.2, 0.25) is 0 Å². The number of nitrogens with zero attached hydrogens (tertiary/aromatic N) is 2. The smallest absolute Gasteiger partial charge is 0.138 e. The molecule has 0 bridgehead atoms. The average Bonchev–Trinajstić information content (AvgIpc) is 2.30. The second kappa shape index (κ2) is 5.55. The van der Waals surface area contributed by atoms with Crippen LogP contribution in [0.25, 0.3) is 0 Å². The number of para-hydroxylation sites is 1. The van der Waals surface area contributed by atoms with Gasteiger partial charge in [0.1, 0.15) is 16.8 Å². The number of halogens is 3. The molecule has 0 fully saturated rings. The predicted molar refractivity (Wildman–Crippen MR) is 81.6 cm³/mol. The average molecular weight is 391 g/mol. The first-order chi connectivity index (χ1) is 8.49. The Morgan fingerprint density at radius 1 is 1.11 bits per heavy atom. The van der Waals surface area contributed by atoms with E-state index in [2.05, 4.69) is 47.1 Å². The Hall–Kier alpha value is -0.650. The highest BCUT2D eigenvalue weighted by Gasteiger charge is 2.11. The molecule has 2 rings (SSSR count). The maximum Gasteiger partial charge on any atom is 0.138 e. The Balaban J connectivity index is 2.46. The van der Waals surface area contributed by atoms with Crippen LogP contribution in [0.3, 0.4) is 0 Å². The summed E-state index contributed by atoms with van der Waals surface area (Å²) in [5, 5.41) is 3.73. The van der Waals surface area contributed by atoms with Gasteiger partial charge in [-0.25, -0.2) is 9.97 Å². The molecule has 6 heteroatoms. The molecule has 0 aliphatic carbocycles. The van der Waals surface area contributed by atoms with E-state index in [4.69, 9.17) is 11.6 Å². The normalized spacial score (nSPS) is 10.5. The van der Waals surface area contributed by atoms with Gasteiger partial charge in [-0.15, -0.1) is 0 Å². The number of nitrogens with one attached hydrogen (secondary N) is 1. The minimum atomic E-state index is 0.466. The van der Waals surface area contributed by atoms with E-state index in [0.29, 0.717) is 16.8 Å². The SMILES string of the molecule is Cc1nc(Cl)c(C)c(Nc2c(Br)cccc2Br)n1. The summed E-state index contributed by atoms with van der Waals surface area (Å²) in [4.78, 5) is 8.47. The van der Waals surface area contributed by atoms with E-state index in [0.717, 1.165) is 20.2 Å². The molecule has 1 aromatic carbocycles. The van der Waals surface area contributed by atoms with Gasteiger partial charge in [-0.1, -0.05) is 17.7 Å². The molecule has 1 N–H and O–H groups in total. The molecule has 0 radical (unpaired) electrons. The summed E-state index contributed by atoms with van der Waals surface area (Å²) >= 11 is 13.0. The van der Waals surface area contributed by atoms with Crippen molar-refractivity contribution in [3.8, 4) is 0 Å². The van der Waals surface area contributed by atoms with Gasteiger partial charge < -0.3 is 5.32 Å². The lowest BCUT2D eigenvalue weighted by Crippen LogP contribution is -2.02. The van der Waals surface area contributed by atoms with Gasteiger partial charge in [0.25, 0.3) is 0 Å². The van der Waals surface area contributed by atoms with Crippen LogP contribution in [0, 0.1) is 13.8 Å². The van der Waals surface area contributed by atoms with Gasteiger partial charge in [-0.05, 0) is 57.8 Å². The Kier molecular flexibility index (Phi) is 4.25. The molecule has 0 aliphatic rings. The van der Waals surface area contributed by atoms with Crippen molar-refractivity contribution in [1.29, 1.82) is 0 Å². The summed E-state index contributed by atoms with van der Waals surface area (Å²) < 4.78 is 1.90. The zero-order chi connectivity index (χ0) is 13.3. The molecule has 0 unspecified atom stereocenters. The lowest BCUT2D eigenvalue weighted by molar-refractivity contribution is 1.04. The van der Waals surface area contributed by atoms with Gasteiger partial charge in [0.15, 0.2) is 0 Å². The summed E-state index contributed by atoms with van der Waals surface area (Å²) in [6, 6.07) is 5.86. The highest BCUT2D eigenvalue weighted by Crippen LogP contribution is 2.34. The van der Waals surface area contributed by atoms with Crippen molar-refractivity contribution in [2.24, 2.45) is 0 Å². The zero-order valence-corrected chi connectivity index (χ0v) is 13.7. The fourth-order valence-electron chi connectivity index (χ4n) is 1.45. The Morgan fingerprint density at radius 2 is 1.72 bits per heavy atom. The monoisotopic (exact) mass is 389 g/mol. The first-order valence-corrected chi connectivity index (χ1v) is 7.17. The van der Waals surface area contributed by atoms with Gasteiger partial charge in [-0.3, -0.25) is 0 Å².